The molecule has 0 spiro atoms. The van der Waals surface area contributed by atoms with Crippen LogP contribution in [0.25, 0.3) is 0 Å². The van der Waals surface area contributed by atoms with E-state index in [1.165, 1.54) is 6.42 Å². The molecule has 0 aliphatic rings. The Morgan fingerprint density at radius 2 is 1.53 bits per heavy atom. The Morgan fingerprint density at radius 1 is 0.882 bits per heavy atom. The van der Waals surface area contributed by atoms with E-state index in [0.717, 1.165) is 25.6 Å². The van der Waals surface area contributed by atoms with E-state index in [9.17, 15) is 0 Å². The molecule has 0 heterocycles. The van der Waals surface area contributed by atoms with E-state index in [1.54, 1.807) is 0 Å². The molecule has 2 unspecified atom stereocenters. The van der Waals surface area contributed by atoms with Crippen LogP contribution in [0, 0.1) is 5.92 Å². The molecule has 0 radical (unpaired) electrons. The summed E-state index contributed by atoms with van der Waals surface area (Å²) in [6.07, 6.45) is 2.69. The highest BCUT2D eigenvalue weighted by molar-refractivity contribution is 4.53. The molecular formula is C14H30O3. The zero-order valence-corrected chi connectivity index (χ0v) is 12.2. The van der Waals surface area contributed by atoms with Gasteiger partial charge in [-0.15, -0.1) is 0 Å². The van der Waals surface area contributed by atoms with Crippen LogP contribution in [0.3, 0.4) is 0 Å². The summed E-state index contributed by atoms with van der Waals surface area (Å²) in [5.41, 5.74) is 0. The molecule has 0 N–H and O–H groups in total. The van der Waals surface area contributed by atoms with Gasteiger partial charge >= 0.3 is 0 Å². The van der Waals surface area contributed by atoms with Crippen molar-refractivity contribution < 1.29 is 14.2 Å². The third-order valence-corrected chi connectivity index (χ3v) is 2.50. The Labute approximate surface area is 107 Å². The van der Waals surface area contributed by atoms with Crippen molar-refractivity contribution in [2.45, 2.75) is 59.7 Å². The maximum absolute atomic E-state index is 5.68. The van der Waals surface area contributed by atoms with Crippen LogP contribution in [0.2, 0.25) is 0 Å². The highest BCUT2D eigenvalue weighted by Crippen LogP contribution is 2.05. The van der Waals surface area contributed by atoms with Crippen LogP contribution in [-0.4, -0.2) is 38.6 Å². The molecule has 0 fully saturated rings. The summed E-state index contributed by atoms with van der Waals surface area (Å²) in [6.45, 7) is 13.4. The minimum absolute atomic E-state index is 0.150. The van der Waals surface area contributed by atoms with Crippen LogP contribution in [0.5, 0.6) is 0 Å². The molecular weight excluding hydrogens is 216 g/mol. The highest BCUT2D eigenvalue weighted by Gasteiger charge is 2.07. The lowest BCUT2D eigenvalue weighted by Gasteiger charge is -2.17. The van der Waals surface area contributed by atoms with Gasteiger partial charge in [0.2, 0.25) is 0 Å². The number of ether oxygens (including phenoxy) is 3. The van der Waals surface area contributed by atoms with Crippen LogP contribution in [0.15, 0.2) is 0 Å². The fourth-order valence-corrected chi connectivity index (χ4v) is 1.46. The zero-order valence-electron chi connectivity index (χ0n) is 12.2. The smallest absolute Gasteiger partial charge is 0.0781 e. The Kier molecular flexibility index (Phi) is 10.9. The summed E-state index contributed by atoms with van der Waals surface area (Å²) < 4.78 is 16.6. The molecule has 0 aliphatic carbocycles. The van der Waals surface area contributed by atoms with E-state index in [-0.39, 0.29) is 12.2 Å². The van der Waals surface area contributed by atoms with E-state index >= 15 is 0 Å². The first-order valence-corrected chi connectivity index (χ1v) is 6.87. The van der Waals surface area contributed by atoms with Gasteiger partial charge in [0.15, 0.2) is 0 Å². The third-order valence-electron chi connectivity index (χ3n) is 2.50. The van der Waals surface area contributed by atoms with Crippen molar-refractivity contribution in [2.75, 3.05) is 26.4 Å². The van der Waals surface area contributed by atoms with Crippen molar-refractivity contribution in [3.63, 3.8) is 0 Å². The predicted molar refractivity (Wildman–Crippen MR) is 71.4 cm³/mol. The molecule has 0 aromatic carbocycles. The van der Waals surface area contributed by atoms with E-state index < -0.39 is 0 Å². The van der Waals surface area contributed by atoms with Gasteiger partial charge in [-0.3, -0.25) is 0 Å². The summed E-state index contributed by atoms with van der Waals surface area (Å²) in [7, 11) is 0. The second-order valence-corrected chi connectivity index (χ2v) is 5.02. The van der Waals surface area contributed by atoms with Crippen molar-refractivity contribution >= 4 is 0 Å². The minimum atomic E-state index is 0.150. The van der Waals surface area contributed by atoms with Gasteiger partial charge in [0, 0.05) is 13.2 Å². The van der Waals surface area contributed by atoms with E-state index in [4.69, 9.17) is 14.2 Å². The summed E-state index contributed by atoms with van der Waals surface area (Å²) in [6, 6.07) is 0. The monoisotopic (exact) mass is 246 g/mol. The average Bonchev–Trinajstić information content (AvgIpc) is 2.29. The Balaban J connectivity index is 3.36. The summed E-state index contributed by atoms with van der Waals surface area (Å²) >= 11 is 0. The highest BCUT2D eigenvalue weighted by atomic mass is 16.6. The maximum Gasteiger partial charge on any atom is 0.0781 e. The van der Waals surface area contributed by atoms with Crippen molar-refractivity contribution in [3.05, 3.63) is 0 Å². The van der Waals surface area contributed by atoms with Crippen molar-refractivity contribution in [2.24, 2.45) is 5.92 Å². The molecule has 0 aliphatic heterocycles. The molecule has 3 heteroatoms. The Morgan fingerprint density at radius 3 is 2.12 bits per heavy atom. The quantitative estimate of drug-likeness (QED) is 0.524. The molecule has 0 aromatic heterocycles. The molecule has 3 nitrogen and oxygen atoms in total. The standard InChI is InChI=1S/C14H30O3/c1-6-15-10-13(4)17-11-14(5)16-9-7-8-12(2)3/h12-14H,6-11H2,1-5H3. The topological polar surface area (TPSA) is 27.7 Å². The Bertz CT molecular complexity index is 160. The first-order valence-electron chi connectivity index (χ1n) is 6.87. The molecule has 0 aromatic rings. The van der Waals surface area contributed by atoms with Crippen LogP contribution in [-0.2, 0) is 14.2 Å². The number of hydrogen-bond donors (Lipinski definition) is 0. The van der Waals surface area contributed by atoms with E-state index in [0.29, 0.717) is 13.2 Å². The molecule has 0 saturated heterocycles. The van der Waals surface area contributed by atoms with Crippen molar-refractivity contribution in [1.29, 1.82) is 0 Å². The van der Waals surface area contributed by atoms with Crippen LogP contribution in [0.1, 0.15) is 47.5 Å². The largest absolute Gasteiger partial charge is 0.379 e. The fraction of sp³-hybridized carbons (Fsp3) is 1.00. The second-order valence-electron chi connectivity index (χ2n) is 5.02. The lowest BCUT2D eigenvalue weighted by molar-refractivity contribution is -0.0563. The van der Waals surface area contributed by atoms with Gasteiger partial charge in [-0.05, 0) is 39.5 Å². The molecule has 104 valence electrons. The van der Waals surface area contributed by atoms with Gasteiger partial charge in [-0.2, -0.15) is 0 Å². The fourth-order valence-electron chi connectivity index (χ4n) is 1.46. The lowest BCUT2D eigenvalue weighted by Crippen LogP contribution is -2.23. The maximum atomic E-state index is 5.68. The van der Waals surface area contributed by atoms with Crippen LogP contribution < -0.4 is 0 Å². The SMILES string of the molecule is CCOCC(C)OCC(C)OCCCC(C)C. The first-order chi connectivity index (χ1) is 8.06. The van der Waals surface area contributed by atoms with Gasteiger partial charge in [-0.1, -0.05) is 13.8 Å². The molecule has 2 atom stereocenters. The predicted octanol–water partition coefficient (Wildman–Crippen LogP) is 3.27. The number of rotatable bonds is 11. The van der Waals surface area contributed by atoms with Gasteiger partial charge in [0.05, 0.1) is 25.4 Å². The number of hydrogen-bond acceptors (Lipinski definition) is 3. The van der Waals surface area contributed by atoms with Gasteiger partial charge in [0.25, 0.3) is 0 Å². The summed E-state index contributed by atoms with van der Waals surface area (Å²) in [5, 5.41) is 0. The van der Waals surface area contributed by atoms with Gasteiger partial charge < -0.3 is 14.2 Å². The minimum Gasteiger partial charge on any atom is -0.379 e. The summed E-state index contributed by atoms with van der Waals surface area (Å²) in [4.78, 5) is 0. The normalized spacial score (nSPS) is 15.2. The van der Waals surface area contributed by atoms with Crippen LogP contribution >= 0.6 is 0 Å². The molecule has 0 amide bonds. The molecule has 17 heavy (non-hydrogen) atoms. The average molecular weight is 246 g/mol. The van der Waals surface area contributed by atoms with Crippen LogP contribution in [0.4, 0.5) is 0 Å². The lowest BCUT2D eigenvalue weighted by atomic mass is 10.1. The van der Waals surface area contributed by atoms with E-state index in [2.05, 4.69) is 20.8 Å². The molecule has 0 saturated carbocycles. The van der Waals surface area contributed by atoms with Gasteiger partial charge in [-0.25, -0.2) is 0 Å². The van der Waals surface area contributed by atoms with Crippen molar-refractivity contribution in [1.82, 2.24) is 0 Å². The first kappa shape index (κ1) is 16.9. The van der Waals surface area contributed by atoms with E-state index in [1.807, 2.05) is 13.8 Å². The molecule has 0 rings (SSSR count). The van der Waals surface area contributed by atoms with Gasteiger partial charge in [0.1, 0.15) is 0 Å². The summed E-state index contributed by atoms with van der Waals surface area (Å²) in [5.74, 6) is 0.761. The Hall–Kier alpha value is -0.120. The zero-order chi connectivity index (χ0) is 13.1. The van der Waals surface area contributed by atoms with Crippen molar-refractivity contribution in [3.8, 4) is 0 Å². The second kappa shape index (κ2) is 11.0. The molecule has 0 bridgehead atoms. The third kappa shape index (κ3) is 12.1.